The summed E-state index contributed by atoms with van der Waals surface area (Å²) in [6.45, 7) is 17.5. The molecular weight excluding hydrogens is 360 g/mol. The van der Waals surface area contributed by atoms with Crippen LogP contribution in [0, 0.1) is 5.41 Å². The van der Waals surface area contributed by atoms with Crippen LogP contribution < -0.4 is 0 Å². The van der Waals surface area contributed by atoms with Crippen molar-refractivity contribution in [2.24, 2.45) is 5.41 Å². The third-order valence-electron chi connectivity index (χ3n) is 6.45. The summed E-state index contributed by atoms with van der Waals surface area (Å²) in [4.78, 5) is 0. The summed E-state index contributed by atoms with van der Waals surface area (Å²) < 4.78 is 0. The zero-order chi connectivity index (χ0) is 22.4. The zero-order valence-corrected chi connectivity index (χ0v) is 20.9. The number of allylic oxidation sites excluding steroid dienone is 11. The number of rotatable bonds is 13. The molecule has 1 unspecified atom stereocenters. The average molecular weight is 409 g/mol. The standard InChI is InChI=1S/C30H48/c1-8-30(22-12-18-28(7)16-10-14-26(4)5)23-20-29(21-24-30)19-11-17-27(6)15-9-13-25(2)3/h8,13-14,17-18,20H,1,9-12,15-16,19,21-24H2,2-7H3/b27-17+,28-18+. The molecule has 0 radical (unpaired) electrons. The molecule has 0 fully saturated rings. The molecule has 1 rings (SSSR count). The quantitative estimate of drug-likeness (QED) is 0.266. The first-order chi connectivity index (χ1) is 14.3. The fourth-order valence-corrected chi connectivity index (χ4v) is 4.19. The summed E-state index contributed by atoms with van der Waals surface area (Å²) in [6.07, 6.45) is 27.7. The van der Waals surface area contributed by atoms with E-state index in [2.05, 4.69) is 84.6 Å². The Balaban J connectivity index is 2.43. The molecule has 0 heterocycles. The molecule has 0 saturated heterocycles. The molecule has 0 amide bonds. The van der Waals surface area contributed by atoms with Gasteiger partial charge in [-0.1, -0.05) is 64.3 Å². The maximum Gasteiger partial charge on any atom is -0.00804 e. The molecule has 0 aromatic heterocycles. The summed E-state index contributed by atoms with van der Waals surface area (Å²) in [5.41, 5.74) is 7.90. The monoisotopic (exact) mass is 408 g/mol. The first-order valence-electron chi connectivity index (χ1n) is 12.2. The summed E-state index contributed by atoms with van der Waals surface area (Å²) in [6, 6.07) is 0. The Labute approximate surface area is 188 Å². The van der Waals surface area contributed by atoms with Crippen molar-refractivity contribution in [3.8, 4) is 0 Å². The Hall–Kier alpha value is -1.56. The highest BCUT2D eigenvalue weighted by Crippen LogP contribution is 2.41. The third kappa shape index (κ3) is 11.6. The van der Waals surface area contributed by atoms with Crippen molar-refractivity contribution in [2.45, 2.75) is 112 Å². The van der Waals surface area contributed by atoms with Gasteiger partial charge in [-0.25, -0.2) is 0 Å². The molecule has 0 bridgehead atoms. The second-order valence-electron chi connectivity index (χ2n) is 9.95. The van der Waals surface area contributed by atoms with Crippen molar-refractivity contribution in [3.05, 3.63) is 70.9 Å². The maximum atomic E-state index is 4.20. The minimum atomic E-state index is 0.316. The first-order valence-corrected chi connectivity index (χ1v) is 12.2. The van der Waals surface area contributed by atoms with Crippen LogP contribution in [0.15, 0.2) is 70.9 Å². The predicted molar refractivity (Wildman–Crippen MR) is 138 cm³/mol. The van der Waals surface area contributed by atoms with Gasteiger partial charge in [0.2, 0.25) is 0 Å². The molecule has 168 valence electrons. The van der Waals surface area contributed by atoms with Gasteiger partial charge in [0, 0.05) is 0 Å². The van der Waals surface area contributed by atoms with Crippen LogP contribution >= 0.6 is 0 Å². The zero-order valence-electron chi connectivity index (χ0n) is 20.9. The minimum absolute atomic E-state index is 0.316. The van der Waals surface area contributed by atoms with E-state index < -0.39 is 0 Å². The predicted octanol–water partition coefficient (Wildman–Crippen LogP) is 10.2. The molecule has 30 heavy (non-hydrogen) atoms. The Kier molecular flexibility index (Phi) is 12.7. The highest BCUT2D eigenvalue weighted by Gasteiger charge is 2.27. The second-order valence-corrected chi connectivity index (χ2v) is 9.95. The fourth-order valence-electron chi connectivity index (χ4n) is 4.19. The largest absolute Gasteiger partial charge is 0.103 e. The van der Waals surface area contributed by atoms with E-state index in [4.69, 9.17) is 0 Å². The molecule has 0 nitrogen and oxygen atoms in total. The number of hydrogen-bond acceptors (Lipinski definition) is 0. The van der Waals surface area contributed by atoms with Crippen LogP contribution in [-0.2, 0) is 0 Å². The Morgan fingerprint density at radius 3 is 1.87 bits per heavy atom. The van der Waals surface area contributed by atoms with Crippen LogP contribution in [0.25, 0.3) is 0 Å². The van der Waals surface area contributed by atoms with Gasteiger partial charge >= 0.3 is 0 Å². The molecule has 0 N–H and O–H groups in total. The molecule has 1 atom stereocenters. The van der Waals surface area contributed by atoms with Crippen LogP contribution in [0.4, 0.5) is 0 Å². The van der Waals surface area contributed by atoms with Crippen molar-refractivity contribution in [3.63, 3.8) is 0 Å². The minimum Gasteiger partial charge on any atom is -0.103 e. The van der Waals surface area contributed by atoms with Crippen LogP contribution in [-0.4, -0.2) is 0 Å². The molecule has 1 aliphatic carbocycles. The molecule has 1 aliphatic rings. The van der Waals surface area contributed by atoms with Crippen molar-refractivity contribution in [2.75, 3.05) is 0 Å². The van der Waals surface area contributed by atoms with Gasteiger partial charge in [0.15, 0.2) is 0 Å². The third-order valence-corrected chi connectivity index (χ3v) is 6.45. The van der Waals surface area contributed by atoms with Crippen LogP contribution in [0.5, 0.6) is 0 Å². The van der Waals surface area contributed by atoms with Gasteiger partial charge in [-0.3, -0.25) is 0 Å². The van der Waals surface area contributed by atoms with Crippen molar-refractivity contribution in [1.82, 2.24) is 0 Å². The van der Waals surface area contributed by atoms with E-state index >= 15 is 0 Å². The van der Waals surface area contributed by atoms with Gasteiger partial charge in [-0.2, -0.15) is 0 Å². The SMILES string of the molecule is C=CC1(CC/C=C(\C)CCC=C(C)C)CC=C(CC/C=C(\C)CCC=C(C)C)CC1. The van der Waals surface area contributed by atoms with Crippen molar-refractivity contribution < 1.29 is 0 Å². The smallest absolute Gasteiger partial charge is 0.00804 e. The Morgan fingerprint density at radius 2 is 1.40 bits per heavy atom. The normalized spacial score (nSPS) is 19.9. The maximum absolute atomic E-state index is 4.20. The van der Waals surface area contributed by atoms with Gasteiger partial charge in [0.05, 0.1) is 0 Å². The molecule has 0 aromatic carbocycles. The highest BCUT2D eigenvalue weighted by atomic mass is 14.3. The Bertz CT molecular complexity index is 669. The van der Waals surface area contributed by atoms with E-state index in [1.54, 1.807) is 5.57 Å². The van der Waals surface area contributed by atoms with E-state index in [-0.39, 0.29) is 0 Å². The van der Waals surface area contributed by atoms with E-state index in [1.165, 1.54) is 92.9 Å². The second kappa shape index (κ2) is 14.4. The van der Waals surface area contributed by atoms with Gasteiger partial charge in [0.1, 0.15) is 0 Å². The number of hydrogen-bond donors (Lipinski definition) is 0. The van der Waals surface area contributed by atoms with Crippen LogP contribution in [0.3, 0.4) is 0 Å². The van der Waals surface area contributed by atoms with Gasteiger partial charge in [-0.05, 0) is 118 Å². The fraction of sp³-hybridized carbons (Fsp3) is 0.600. The lowest BCUT2D eigenvalue weighted by atomic mass is 9.71. The Morgan fingerprint density at radius 1 is 0.833 bits per heavy atom. The van der Waals surface area contributed by atoms with Gasteiger partial charge in [0.25, 0.3) is 0 Å². The summed E-state index contributed by atoms with van der Waals surface area (Å²) in [5, 5.41) is 0. The van der Waals surface area contributed by atoms with E-state index in [1.807, 2.05) is 0 Å². The molecule has 0 saturated carbocycles. The van der Waals surface area contributed by atoms with Gasteiger partial charge < -0.3 is 0 Å². The lowest BCUT2D eigenvalue weighted by molar-refractivity contribution is 0.313. The van der Waals surface area contributed by atoms with E-state index in [0.29, 0.717) is 5.41 Å². The van der Waals surface area contributed by atoms with Crippen LogP contribution in [0.1, 0.15) is 112 Å². The van der Waals surface area contributed by atoms with Crippen LogP contribution in [0.2, 0.25) is 0 Å². The highest BCUT2D eigenvalue weighted by molar-refractivity contribution is 5.15. The molecule has 0 spiro atoms. The molecule has 0 heteroatoms. The summed E-state index contributed by atoms with van der Waals surface area (Å²) in [5.74, 6) is 0. The lowest BCUT2D eigenvalue weighted by Gasteiger charge is -2.33. The summed E-state index contributed by atoms with van der Waals surface area (Å²) >= 11 is 0. The molecule has 0 aromatic rings. The topological polar surface area (TPSA) is 0 Å². The van der Waals surface area contributed by atoms with E-state index in [0.717, 1.165) is 0 Å². The van der Waals surface area contributed by atoms with Crippen molar-refractivity contribution >= 4 is 0 Å². The molecular formula is C30H48. The summed E-state index contributed by atoms with van der Waals surface area (Å²) in [7, 11) is 0. The average Bonchev–Trinajstić information content (AvgIpc) is 2.68. The van der Waals surface area contributed by atoms with E-state index in [9.17, 15) is 0 Å². The first kappa shape index (κ1) is 26.5. The van der Waals surface area contributed by atoms with Gasteiger partial charge in [-0.15, -0.1) is 6.58 Å². The van der Waals surface area contributed by atoms with Crippen molar-refractivity contribution in [1.29, 1.82) is 0 Å². The molecule has 0 aliphatic heterocycles. The lowest BCUT2D eigenvalue weighted by Crippen LogP contribution is -2.20.